The van der Waals surface area contributed by atoms with Crippen LogP contribution in [0.2, 0.25) is 0 Å². The Morgan fingerprint density at radius 3 is 3.06 bits per heavy atom. The maximum atomic E-state index is 5.77. The molecule has 98 valence electrons. The van der Waals surface area contributed by atoms with E-state index in [1.54, 1.807) is 6.20 Å². The maximum absolute atomic E-state index is 5.77. The Morgan fingerprint density at radius 2 is 2.39 bits per heavy atom. The van der Waals surface area contributed by atoms with Crippen LogP contribution in [0.4, 0.5) is 10.8 Å². The Morgan fingerprint density at radius 1 is 1.56 bits per heavy atom. The normalized spacial score (nSPS) is 10.8. The molecule has 0 saturated carbocycles. The topological polar surface area (TPSA) is 88.8 Å². The summed E-state index contributed by atoms with van der Waals surface area (Å²) in [6.07, 6.45) is 4.45. The molecule has 0 radical (unpaired) electrons. The van der Waals surface area contributed by atoms with E-state index < -0.39 is 0 Å². The Balaban J connectivity index is 1.92. The second kappa shape index (κ2) is 5.72. The first kappa shape index (κ1) is 12.7. The van der Waals surface area contributed by atoms with Crippen molar-refractivity contribution in [2.75, 3.05) is 17.6 Å². The number of aromatic amines is 1. The van der Waals surface area contributed by atoms with Crippen LogP contribution in [-0.4, -0.2) is 27.0 Å². The number of hydrogen-bond donors (Lipinski definition) is 3. The van der Waals surface area contributed by atoms with Crippen molar-refractivity contribution in [1.82, 2.24) is 14.3 Å². The van der Waals surface area contributed by atoms with E-state index in [1.807, 2.05) is 20.0 Å². The third-order valence-electron chi connectivity index (χ3n) is 2.23. The molecule has 18 heavy (non-hydrogen) atoms. The third kappa shape index (κ3) is 3.13. The van der Waals surface area contributed by atoms with Crippen LogP contribution in [0.25, 0.3) is 0 Å². The van der Waals surface area contributed by atoms with Gasteiger partial charge >= 0.3 is 0 Å². The van der Waals surface area contributed by atoms with Crippen molar-refractivity contribution in [2.24, 2.45) is 0 Å². The van der Waals surface area contributed by atoms with Gasteiger partial charge in [-0.1, -0.05) is 0 Å². The van der Waals surface area contributed by atoms with Crippen LogP contribution in [0.15, 0.2) is 12.4 Å². The number of nitrogen functional groups attached to an aromatic ring is 1. The molecule has 0 unspecified atom stereocenters. The van der Waals surface area contributed by atoms with E-state index in [9.17, 15) is 0 Å². The number of hydrogen-bond acceptors (Lipinski definition) is 6. The minimum absolute atomic E-state index is 0.0781. The van der Waals surface area contributed by atoms with Crippen molar-refractivity contribution < 1.29 is 4.74 Å². The highest BCUT2D eigenvalue weighted by Crippen LogP contribution is 2.35. The van der Waals surface area contributed by atoms with Gasteiger partial charge in [-0.3, -0.25) is 0 Å². The highest BCUT2D eigenvalue weighted by molar-refractivity contribution is 7.11. The minimum Gasteiger partial charge on any atom is -0.484 e. The van der Waals surface area contributed by atoms with Crippen LogP contribution in [0.3, 0.4) is 0 Å². The molecule has 0 atom stereocenters. The van der Waals surface area contributed by atoms with Crippen molar-refractivity contribution in [3.05, 3.63) is 18.2 Å². The molecular weight excluding hydrogens is 250 g/mol. The summed E-state index contributed by atoms with van der Waals surface area (Å²) in [7, 11) is 0. The number of nitrogens with two attached hydrogens (primary N) is 1. The monoisotopic (exact) mass is 267 g/mol. The van der Waals surface area contributed by atoms with Crippen molar-refractivity contribution in [1.29, 1.82) is 0 Å². The van der Waals surface area contributed by atoms with E-state index in [-0.39, 0.29) is 6.10 Å². The summed E-state index contributed by atoms with van der Waals surface area (Å²) < 4.78 is 9.73. The molecule has 0 amide bonds. The molecule has 0 aliphatic rings. The van der Waals surface area contributed by atoms with Gasteiger partial charge in [0.15, 0.2) is 16.6 Å². The van der Waals surface area contributed by atoms with Gasteiger partial charge in [0.05, 0.1) is 6.10 Å². The van der Waals surface area contributed by atoms with Crippen LogP contribution >= 0.6 is 11.5 Å². The van der Waals surface area contributed by atoms with Crippen molar-refractivity contribution in [3.8, 4) is 5.75 Å². The van der Waals surface area contributed by atoms with Crippen molar-refractivity contribution >= 4 is 22.4 Å². The lowest BCUT2D eigenvalue weighted by Crippen LogP contribution is -2.10. The molecular formula is C11H17N5OS. The Kier molecular flexibility index (Phi) is 4.03. The lowest BCUT2D eigenvalue weighted by Gasteiger charge is -2.11. The fourth-order valence-electron chi connectivity index (χ4n) is 1.49. The minimum atomic E-state index is 0.0781. The van der Waals surface area contributed by atoms with E-state index >= 15 is 0 Å². The summed E-state index contributed by atoms with van der Waals surface area (Å²) in [5.41, 5.74) is 5.77. The van der Waals surface area contributed by atoms with E-state index in [0.29, 0.717) is 11.6 Å². The third-order valence-corrected chi connectivity index (χ3v) is 3.03. The van der Waals surface area contributed by atoms with Gasteiger partial charge in [-0.25, -0.2) is 4.98 Å². The van der Waals surface area contributed by atoms with Gasteiger partial charge in [-0.05, 0) is 25.4 Å². The molecule has 7 heteroatoms. The van der Waals surface area contributed by atoms with Crippen LogP contribution in [-0.2, 0) is 6.42 Å². The molecule has 0 bridgehead atoms. The van der Waals surface area contributed by atoms with Crippen LogP contribution < -0.4 is 15.8 Å². The molecule has 0 aromatic carbocycles. The molecule has 0 aliphatic heterocycles. The quantitative estimate of drug-likeness (QED) is 0.743. The SMILES string of the molecule is CC(C)Oc1c(N)nsc1NCCc1ncc[nH]1. The fraction of sp³-hybridized carbons (Fsp3) is 0.455. The highest BCUT2D eigenvalue weighted by atomic mass is 32.1. The molecule has 2 heterocycles. The van der Waals surface area contributed by atoms with E-state index in [2.05, 4.69) is 19.7 Å². The van der Waals surface area contributed by atoms with Crippen molar-refractivity contribution in [3.63, 3.8) is 0 Å². The Bertz CT molecular complexity index is 480. The second-order valence-electron chi connectivity index (χ2n) is 4.11. The smallest absolute Gasteiger partial charge is 0.197 e. The van der Waals surface area contributed by atoms with Gasteiger partial charge < -0.3 is 20.8 Å². The maximum Gasteiger partial charge on any atom is 0.197 e. The summed E-state index contributed by atoms with van der Waals surface area (Å²) in [5.74, 6) is 2.04. The van der Waals surface area contributed by atoms with Crippen molar-refractivity contribution in [2.45, 2.75) is 26.4 Å². The zero-order valence-corrected chi connectivity index (χ0v) is 11.3. The number of imidazole rings is 1. The predicted molar refractivity (Wildman–Crippen MR) is 73.1 cm³/mol. The molecule has 2 aromatic rings. The van der Waals surface area contributed by atoms with Crippen LogP contribution in [0.1, 0.15) is 19.7 Å². The summed E-state index contributed by atoms with van der Waals surface area (Å²) in [5, 5.41) is 4.14. The first-order chi connectivity index (χ1) is 8.66. The van der Waals surface area contributed by atoms with E-state index in [0.717, 1.165) is 23.8 Å². The standard InChI is InChI=1S/C11H17N5OS/c1-7(2)17-9-10(12)16-18-11(9)15-4-3-8-13-5-6-14-8/h5-7,15H,3-4H2,1-2H3,(H2,12,16)(H,13,14). The Labute approximate surface area is 110 Å². The lowest BCUT2D eigenvalue weighted by atomic mass is 10.4. The highest BCUT2D eigenvalue weighted by Gasteiger charge is 2.14. The van der Waals surface area contributed by atoms with Crippen LogP contribution in [0, 0.1) is 0 Å². The average Bonchev–Trinajstić information content (AvgIpc) is 2.93. The molecule has 0 fully saturated rings. The van der Waals surface area contributed by atoms with Gasteiger partial charge in [0, 0.05) is 25.4 Å². The number of anilines is 2. The number of nitrogens with one attached hydrogen (secondary N) is 2. The van der Waals surface area contributed by atoms with Crippen LogP contribution in [0.5, 0.6) is 5.75 Å². The number of rotatable bonds is 6. The zero-order chi connectivity index (χ0) is 13.0. The van der Waals surface area contributed by atoms with E-state index in [1.165, 1.54) is 11.5 Å². The van der Waals surface area contributed by atoms with Gasteiger partial charge in [-0.2, -0.15) is 4.37 Å². The molecule has 4 N–H and O–H groups in total. The van der Waals surface area contributed by atoms with Gasteiger partial charge in [-0.15, -0.1) is 0 Å². The average molecular weight is 267 g/mol. The number of H-pyrrole nitrogens is 1. The molecule has 2 rings (SSSR count). The van der Waals surface area contributed by atoms with E-state index in [4.69, 9.17) is 10.5 Å². The Hall–Kier alpha value is -1.76. The molecule has 0 spiro atoms. The first-order valence-electron chi connectivity index (χ1n) is 5.80. The summed E-state index contributed by atoms with van der Waals surface area (Å²) in [6.45, 7) is 4.68. The number of nitrogens with zero attached hydrogens (tertiary/aromatic N) is 2. The van der Waals surface area contributed by atoms with Gasteiger partial charge in [0.25, 0.3) is 0 Å². The fourth-order valence-corrected chi connectivity index (χ4v) is 2.16. The lowest BCUT2D eigenvalue weighted by molar-refractivity contribution is 0.245. The molecule has 6 nitrogen and oxygen atoms in total. The first-order valence-corrected chi connectivity index (χ1v) is 6.58. The van der Waals surface area contributed by atoms with Gasteiger partial charge in [0.1, 0.15) is 5.82 Å². The molecule has 0 aliphatic carbocycles. The second-order valence-corrected chi connectivity index (χ2v) is 4.88. The summed E-state index contributed by atoms with van der Waals surface area (Å²) in [4.78, 5) is 7.22. The predicted octanol–water partition coefficient (Wildman–Crippen LogP) is 1.89. The largest absolute Gasteiger partial charge is 0.484 e. The molecule has 0 saturated heterocycles. The molecule has 2 aromatic heterocycles. The number of ether oxygens (including phenoxy) is 1. The van der Waals surface area contributed by atoms with Gasteiger partial charge in [0.2, 0.25) is 0 Å². The summed E-state index contributed by atoms with van der Waals surface area (Å²) >= 11 is 1.31. The summed E-state index contributed by atoms with van der Waals surface area (Å²) in [6, 6.07) is 0. The zero-order valence-electron chi connectivity index (χ0n) is 10.4. The number of aromatic nitrogens is 3.